The fourth-order valence-electron chi connectivity index (χ4n) is 4.94. The van der Waals surface area contributed by atoms with Gasteiger partial charge in [-0.05, 0) is 51.0 Å². The highest BCUT2D eigenvalue weighted by Crippen LogP contribution is 2.32. The van der Waals surface area contributed by atoms with Crippen molar-refractivity contribution in [1.82, 2.24) is 14.0 Å². The summed E-state index contributed by atoms with van der Waals surface area (Å²) < 4.78 is 9.37. The predicted molar refractivity (Wildman–Crippen MR) is 137 cm³/mol. The lowest BCUT2D eigenvalue weighted by Crippen LogP contribution is -2.34. The van der Waals surface area contributed by atoms with Gasteiger partial charge in [-0.1, -0.05) is 36.9 Å². The highest BCUT2D eigenvalue weighted by molar-refractivity contribution is 6.31. The molecule has 0 saturated heterocycles. The molecule has 1 heterocycles. The largest absolute Gasteiger partial charge is 0.496 e. The number of hydrogen-bond acceptors (Lipinski definition) is 3. The molecule has 3 aromatic rings. The van der Waals surface area contributed by atoms with Gasteiger partial charge >= 0.3 is 11.7 Å². The average Bonchev–Trinajstić information content (AvgIpc) is 3.11. The molecule has 182 valence electrons. The molecule has 1 aliphatic rings. The van der Waals surface area contributed by atoms with Crippen LogP contribution in [0.15, 0.2) is 41.2 Å². The summed E-state index contributed by atoms with van der Waals surface area (Å²) in [4.78, 5) is 27.8. The molecule has 1 N–H and O–H groups in total. The molecular formula is C26H33ClN4O3. The number of carbonyl (C=O) groups is 1. The van der Waals surface area contributed by atoms with E-state index >= 15 is 0 Å². The summed E-state index contributed by atoms with van der Waals surface area (Å²) in [6.07, 6.45) is 5.52. The molecule has 0 atom stereocenters. The van der Waals surface area contributed by atoms with Gasteiger partial charge in [0.25, 0.3) is 0 Å². The number of methoxy groups -OCH3 is 1. The zero-order chi connectivity index (χ0) is 24.2. The van der Waals surface area contributed by atoms with Crippen molar-refractivity contribution in [1.29, 1.82) is 0 Å². The molecule has 8 heteroatoms. The molecule has 0 bridgehead atoms. The van der Waals surface area contributed by atoms with Gasteiger partial charge in [0.05, 0.1) is 24.7 Å². The van der Waals surface area contributed by atoms with E-state index in [-0.39, 0.29) is 17.8 Å². The minimum atomic E-state index is -0.150. The van der Waals surface area contributed by atoms with E-state index in [1.165, 1.54) is 6.42 Å². The number of nitrogens with one attached hydrogen (secondary N) is 1. The van der Waals surface area contributed by atoms with E-state index in [0.717, 1.165) is 42.3 Å². The van der Waals surface area contributed by atoms with Crippen LogP contribution in [0.2, 0.25) is 5.02 Å². The lowest BCUT2D eigenvalue weighted by atomic mass is 9.95. The molecule has 0 spiro atoms. The van der Waals surface area contributed by atoms with Crippen LogP contribution in [0, 0.1) is 0 Å². The molecular weight excluding hydrogens is 452 g/mol. The van der Waals surface area contributed by atoms with Crippen molar-refractivity contribution >= 4 is 34.4 Å². The summed E-state index contributed by atoms with van der Waals surface area (Å²) in [6.45, 7) is 5.53. The van der Waals surface area contributed by atoms with Crippen LogP contribution in [-0.4, -0.2) is 40.3 Å². The minimum Gasteiger partial charge on any atom is -0.496 e. The van der Waals surface area contributed by atoms with Crippen molar-refractivity contribution in [3.63, 3.8) is 0 Å². The van der Waals surface area contributed by atoms with E-state index in [9.17, 15) is 9.59 Å². The van der Waals surface area contributed by atoms with Gasteiger partial charge in [0, 0.05) is 41.5 Å². The van der Waals surface area contributed by atoms with Gasteiger partial charge < -0.3 is 15.0 Å². The number of rotatable bonds is 7. The van der Waals surface area contributed by atoms with Gasteiger partial charge in [-0.25, -0.2) is 9.59 Å². The Morgan fingerprint density at radius 3 is 2.50 bits per heavy atom. The van der Waals surface area contributed by atoms with Crippen molar-refractivity contribution in [2.75, 3.05) is 25.5 Å². The van der Waals surface area contributed by atoms with Crippen LogP contribution in [0.1, 0.15) is 57.6 Å². The van der Waals surface area contributed by atoms with Crippen molar-refractivity contribution in [3.05, 3.63) is 57.5 Å². The third-order valence-corrected chi connectivity index (χ3v) is 7.02. The first kappa shape index (κ1) is 24.2. The SMILES string of the molecule is CCN(CC)C(=O)Nc1ccc(Cn2c(=O)n(C3CCCCC3)c3cc(Cl)ccc32)c(OC)c1. The number of urea groups is 1. The molecule has 7 nitrogen and oxygen atoms in total. The van der Waals surface area contributed by atoms with Crippen molar-refractivity contribution in [3.8, 4) is 5.75 Å². The summed E-state index contributed by atoms with van der Waals surface area (Å²) in [5.74, 6) is 0.622. The Hall–Kier alpha value is -2.93. The number of carbonyl (C=O) groups excluding carboxylic acids is 1. The molecule has 1 aliphatic carbocycles. The lowest BCUT2D eigenvalue weighted by Gasteiger charge is -2.23. The van der Waals surface area contributed by atoms with E-state index in [2.05, 4.69) is 5.32 Å². The summed E-state index contributed by atoms with van der Waals surface area (Å²) in [6, 6.07) is 11.2. The monoisotopic (exact) mass is 484 g/mol. The number of hydrogen-bond donors (Lipinski definition) is 1. The molecule has 0 unspecified atom stereocenters. The van der Waals surface area contributed by atoms with Crippen molar-refractivity contribution in [2.45, 2.75) is 58.5 Å². The summed E-state index contributed by atoms with van der Waals surface area (Å²) in [5, 5.41) is 3.55. The van der Waals surface area contributed by atoms with E-state index in [1.807, 2.05) is 48.7 Å². The van der Waals surface area contributed by atoms with Crippen molar-refractivity contribution in [2.24, 2.45) is 0 Å². The van der Waals surface area contributed by atoms with E-state index in [0.29, 0.717) is 36.1 Å². The molecule has 1 fully saturated rings. The molecule has 2 amide bonds. The summed E-state index contributed by atoms with van der Waals surface area (Å²) in [5.41, 5.74) is 3.24. The topological polar surface area (TPSA) is 68.5 Å². The zero-order valence-corrected chi connectivity index (χ0v) is 20.9. The van der Waals surface area contributed by atoms with Crippen LogP contribution in [0.25, 0.3) is 11.0 Å². The number of aromatic nitrogens is 2. The fraction of sp³-hybridized carbons (Fsp3) is 0.462. The number of fused-ring (bicyclic) bond motifs is 1. The predicted octanol–water partition coefficient (Wildman–Crippen LogP) is 5.89. The first-order valence-electron chi connectivity index (χ1n) is 12.1. The molecule has 4 rings (SSSR count). The summed E-state index contributed by atoms with van der Waals surface area (Å²) in [7, 11) is 1.60. The highest BCUT2D eigenvalue weighted by atomic mass is 35.5. The second kappa shape index (κ2) is 10.6. The van der Waals surface area contributed by atoms with Gasteiger partial charge in [0.2, 0.25) is 0 Å². The lowest BCUT2D eigenvalue weighted by molar-refractivity contribution is 0.217. The Morgan fingerprint density at radius 2 is 1.82 bits per heavy atom. The van der Waals surface area contributed by atoms with Crippen LogP contribution < -0.4 is 15.7 Å². The average molecular weight is 485 g/mol. The number of amides is 2. The standard InChI is InChI=1S/C26H33ClN4O3/c1-4-29(5-2)25(32)28-20-13-11-18(24(16-20)34-3)17-30-22-14-12-19(27)15-23(22)31(26(30)33)21-9-7-6-8-10-21/h11-16,21H,4-10,17H2,1-3H3,(H,28,32). The van der Waals surface area contributed by atoms with Gasteiger partial charge in [-0.15, -0.1) is 0 Å². The molecule has 1 aromatic heterocycles. The second-order valence-electron chi connectivity index (χ2n) is 8.79. The maximum Gasteiger partial charge on any atom is 0.329 e. The Kier molecular flexibility index (Phi) is 7.51. The Morgan fingerprint density at radius 1 is 1.09 bits per heavy atom. The fourth-order valence-corrected chi connectivity index (χ4v) is 5.10. The first-order valence-corrected chi connectivity index (χ1v) is 12.5. The third kappa shape index (κ3) is 4.80. The van der Waals surface area contributed by atoms with Gasteiger partial charge in [-0.3, -0.25) is 9.13 Å². The first-order chi connectivity index (χ1) is 16.5. The zero-order valence-electron chi connectivity index (χ0n) is 20.1. The number of ether oxygens (including phenoxy) is 1. The number of imidazole rings is 1. The number of halogens is 1. The van der Waals surface area contributed by atoms with Crippen LogP contribution in [0.3, 0.4) is 0 Å². The number of anilines is 1. The highest BCUT2D eigenvalue weighted by Gasteiger charge is 2.23. The molecule has 2 aromatic carbocycles. The Bertz CT molecular complexity index is 1220. The summed E-state index contributed by atoms with van der Waals surface area (Å²) >= 11 is 6.32. The Labute approximate surface area is 205 Å². The quantitative estimate of drug-likeness (QED) is 0.454. The third-order valence-electron chi connectivity index (χ3n) is 6.78. The molecule has 0 radical (unpaired) electrons. The van der Waals surface area contributed by atoms with E-state index in [4.69, 9.17) is 16.3 Å². The Balaban J connectivity index is 1.69. The van der Waals surface area contributed by atoms with Crippen LogP contribution in [0.5, 0.6) is 5.75 Å². The molecule has 0 aliphatic heterocycles. The molecule has 1 saturated carbocycles. The van der Waals surface area contributed by atoms with Gasteiger partial charge in [0.15, 0.2) is 0 Å². The van der Waals surface area contributed by atoms with Gasteiger partial charge in [0.1, 0.15) is 5.75 Å². The number of benzene rings is 2. The number of nitrogens with zero attached hydrogens (tertiary/aromatic N) is 3. The van der Waals surface area contributed by atoms with E-state index in [1.54, 1.807) is 22.6 Å². The molecule has 34 heavy (non-hydrogen) atoms. The minimum absolute atomic E-state index is 0.0230. The van der Waals surface area contributed by atoms with Crippen molar-refractivity contribution < 1.29 is 9.53 Å². The van der Waals surface area contributed by atoms with Crippen LogP contribution in [0.4, 0.5) is 10.5 Å². The van der Waals surface area contributed by atoms with Gasteiger partial charge in [-0.2, -0.15) is 0 Å². The maximum absolute atomic E-state index is 13.6. The normalized spacial score (nSPS) is 14.4. The van der Waals surface area contributed by atoms with Crippen LogP contribution >= 0.6 is 11.6 Å². The van der Waals surface area contributed by atoms with E-state index < -0.39 is 0 Å². The maximum atomic E-state index is 13.6. The smallest absolute Gasteiger partial charge is 0.329 e. The van der Waals surface area contributed by atoms with Crippen LogP contribution in [-0.2, 0) is 6.54 Å². The second-order valence-corrected chi connectivity index (χ2v) is 9.23.